The third-order valence-electron chi connectivity index (χ3n) is 4.79. The zero-order chi connectivity index (χ0) is 27.2. The highest BCUT2D eigenvalue weighted by molar-refractivity contribution is 7.13. The average molecular weight is 553 g/mol. The molecule has 3 heterocycles. The van der Waals surface area contributed by atoms with Gasteiger partial charge in [0.1, 0.15) is 21.5 Å². The van der Waals surface area contributed by atoms with Crippen LogP contribution in [0.4, 0.5) is 19.0 Å². The second-order valence-corrected chi connectivity index (χ2v) is 8.78. The SMILES string of the molecule is CN=C(/C=C/C(=O)NC(C)c1ncc(C(=O)Nc2cc(C(F)(F)F)c(Cl)cn2)s1)c1cnccc1OC. The Hall–Kier alpha value is -3.84. The maximum atomic E-state index is 13.0. The number of thiazole rings is 1. The molecule has 3 aromatic rings. The molecule has 3 rings (SSSR count). The number of hydrogen-bond acceptors (Lipinski definition) is 8. The van der Waals surface area contributed by atoms with Crippen molar-refractivity contribution in [3.63, 3.8) is 0 Å². The highest BCUT2D eigenvalue weighted by Gasteiger charge is 2.34. The molecule has 0 radical (unpaired) electrons. The smallest absolute Gasteiger partial charge is 0.418 e. The van der Waals surface area contributed by atoms with E-state index in [-0.39, 0.29) is 10.7 Å². The summed E-state index contributed by atoms with van der Waals surface area (Å²) in [5.41, 5.74) is -0.0322. The molecule has 0 spiro atoms. The van der Waals surface area contributed by atoms with Crippen LogP contribution in [0.3, 0.4) is 0 Å². The fourth-order valence-electron chi connectivity index (χ4n) is 3.01. The predicted molar refractivity (Wildman–Crippen MR) is 133 cm³/mol. The number of nitrogens with zero attached hydrogens (tertiary/aromatic N) is 4. The van der Waals surface area contributed by atoms with E-state index >= 15 is 0 Å². The summed E-state index contributed by atoms with van der Waals surface area (Å²) in [6.07, 6.45) is 3.30. The standard InChI is InChI=1S/C23H20ClF3N6O3S/c1-12(32-20(34)5-4-16(28-2)13-9-29-7-6-17(13)36-3)22-31-11-18(37-22)21(35)33-19-8-14(23(25,26)27)15(24)10-30-19/h4-12H,1-3H3,(H,32,34)(H,30,33,35)/b5-4+,28-16?. The van der Waals surface area contributed by atoms with E-state index in [0.717, 1.165) is 17.5 Å². The van der Waals surface area contributed by atoms with Gasteiger partial charge in [-0.1, -0.05) is 11.6 Å². The molecule has 0 bridgehead atoms. The fourth-order valence-corrected chi connectivity index (χ4v) is 4.04. The number of anilines is 1. The second kappa shape index (κ2) is 11.9. The number of allylic oxidation sites excluding steroid dienone is 1. The lowest BCUT2D eigenvalue weighted by atomic mass is 10.1. The van der Waals surface area contributed by atoms with E-state index in [1.165, 1.54) is 25.5 Å². The summed E-state index contributed by atoms with van der Waals surface area (Å²) in [7, 11) is 3.08. The highest BCUT2D eigenvalue weighted by Crippen LogP contribution is 2.35. The van der Waals surface area contributed by atoms with Crippen LogP contribution in [0, 0.1) is 0 Å². The number of halogens is 4. The Balaban J connectivity index is 1.64. The molecule has 0 aromatic carbocycles. The molecule has 0 saturated carbocycles. The Kier molecular flexibility index (Phi) is 8.95. The van der Waals surface area contributed by atoms with Gasteiger partial charge in [-0.25, -0.2) is 9.97 Å². The maximum absolute atomic E-state index is 13.0. The third kappa shape index (κ3) is 7.11. The first kappa shape index (κ1) is 27.7. The molecule has 0 aliphatic rings. The summed E-state index contributed by atoms with van der Waals surface area (Å²) < 4.78 is 44.4. The van der Waals surface area contributed by atoms with E-state index in [4.69, 9.17) is 16.3 Å². The number of carbonyl (C=O) groups excluding carboxylic acids is 2. The number of methoxy groups -OCH3 is 1. The van der Waals surface area contributed by atoms with Gasteiger partial charge in [-0.3, -0.25) is 19.6 Å². The number of aliphatic imine (C=N–C) groups is 1. The van der Waals surface area contributed by atoms with Crippen molar-refractivity contribution < 1.29 is 27.5 Å². The van der Waals surface area contributed by atoms with E-state index in [1.54, 1.807) is 32.4 Å². The lowest BCUT2D eigenvalue weighted by Crippen LogP contribution is -2.24. The highest BCUT2D eigenvalue weighted by atomic mass is 35.5. The van der Waals surface area contributed by atoms with Crippen LogP contribution in [0.5, 0.6) is 5.75 Å². The number of hydrogen-bond donors (Lipinski definition) is 2. The van der Waals surface area contributed by atoms with Crippen molar-refractivity contribution in [1.29, 1.82) is 0 Å². The van der Waals surface area contributed by atoms with Crippen molar-refractivity contribution in [2.24, 2.45) is 4.99 Å². The first-order valence-corrected chi connectivity index (χ1v) is 11.7. The van der Waals surface area contributed by atoms with Crippen LogP contribution in [0.1, 0.15) is 38.8 Å². The maximum Gasteiger partial charge on any atom is 0.418 e. The summed E-state index contributed by atoms with van der Waals surface area (Å²) in [6, 6.07) is 1.75. The molecule has 0 aliphatic carbocycles. The zero-order valence-corrected chi connectivity index (χ0v) is 21.2. The number of nitrogens with one attached hydrogen (secondary N) is 2. The first-order valence-electron chi connectivity index (χ1n) is 10.5. The minimum absolute atomic E-state index is 0.112. The Labute approximate surface area is 218 Å². The van der Waals surface area contributed by atoms with Gasteiger partial charge in [-0.05, 0) is 25.1 Å². The van der Waals surface area contributed by atoms with Crippen molar-refractivity contribution in [1.82, 2.24) is 20.3 Å². The molecule has 14 heteroatoms. The van der Waals surface area contributed by atoms with Crippen molar-refractivity contribution in [2.45, 2.75) is 19.1 Å². The Morgan fingerprint density at radius 2 is 1.97 bits per heavy atom. The Bertz CT molecular complexity index is 1360. The quantitative estimate of drug-likeness (QED) is 0.308. The number of carbonyl (C=O) groups is 2. The van der Waals surface area contributed by atoms with E-state index in [0.29, 0.717) is 28.1 Å². The van der Waals surface area contributed by atoms with Crippen LogP contribution in [-0.2, 0) is 11.0 Å². The largest absolute Gasteiger partial charge is 0.496 e. The normalized spacial score (nSPS) is 12.9. The molecular weight excluding hydrogens is 533 g/mol. The van der Waals surface area contributed by atoms with Gasteiger partial charge in [0.25, 0.3) is 5.91 Å². The number of amides is 2. The van der Waals surface area contributed by atoms with Gasteiger partial charge < -0.3 is 15.4 Å². The molecule has 2 N–H and O–H groups in total. The summed E-state index contributed by atoms with van der Waals surface area (Å²) in [5.74, 6) is -0.921. The van der Waals surface area contributed by atoms with Crippen LogP contribution < -0.4 is 15.4 Å². The minimum Gasteiger partial charge on any atom is -0.496 e. The van der Waals surface area contributed by atoms with Gasteiger partial charge in [0.05, 0.1) is 41.2 Å². The fraction of sp³-hybridized carbons (Fsp3) is 0.217. The molecule has 9 nitrogen and oxygen atoms in total. The van der Waals surface area contributed by atoms with E-state index < -0.39 is 34.6 Å². The lowest BCUT2D eigenvalue weighted by molar-refractivity contribution is -0.137. The average Bonchev–Trinajstić information content (AvgIpc) is 3.36. The van der Waals surface area contributed by atoms with E-state index in [1.807, 2.05) is 0 Å². The van der Waals surface area contributed by atoms with Crippen molar-refractivity contribution in [3.8, 4) is 5.75 Å². The molecular formula is C23H20ClF3N6O3S. The van der Waals surface area contributed by atoms with Crippen molar-refractivity contribution in [2.75, 3.05) is 19.5 Å². The molecule has 37 heavy (non-hydrogen) atoms. The van der Waals surface area contributed by atoms with Crippen LogP contribution in [0.15, 0.2) is 54.1 Å². The second-order valence-electron chi connectivity index (χ2n) is 7.31. The van der Waals surface area contributed by atoms with Crippen LogP contribution in [-0.4, -0.2) is 46.6 Å². The lowest BCUT2D eigenvalue weighted by Gasteiger charge is -2.10. The molecule has 0 aliphatic heterocycles. The van der Waals surface area contributed by atoms with E-state index in [2.05, 4.69) is 30.6 Å². The van der Waals surface area contributed by atoms with Crippen molar-refractivity contribution >= 4 is 46.3 Å². The predicted octanol–water partition coefficient (Wildman–Crippen LogP) is 4.72. The molecule has 3 aromatic heterocycles. The Morgan fingerprint density at radius 1 is 1.22 bits per heavy atom. The van der Waals surface area contributed by atoms with Crippen LogP contribution in [0.25, 0.3) is 0 Å². The molecule has 2 amide bonds. The van der Waals surface area contributed by atoms with Gasteiger partial charge in [-0.2, -0.15) is 13.2 Å². The minimum atomic E-state index is -4.70. The van der Waals surface area contributed by atoms with Crippen molar-refractivity contribution in [3.05, 3.63) is 75.1 Å². The number of ether oxygens (including phenoxy) is 1. The monoisotopic (exact) mass is 552 g/mol. The van der Waals surface area contributed by atoms with Gasteiger partial charge in [0.2, 0.25) is 5.91 Å². The molecule has 1 unspecified atom stereocenters. The summed E-state index contributed by atoms with van der Waals surface area (Å²) in [5, 5.41) is 4.84. The van der Waals surface area contributed by atoms with Crippen LogP contribution in [0.2, 0.25) is 5.02 Å². The summed E-state index contributed by atoms with van der Waals surface area (Å²) >= 11 is 6.52. The number of rotatable bonds is 8. The van der Waals surface area contributed by atoms with E-state index in [9.17, 15) is 22.8 Å². The van der Waals surface area contributed by atoms with Gasteiger partial charge >= 0.3 is 6.18 Å². The number of alkyl halides is 3. The number of pyridine rings is 2. The Morgan fingerprint density at radius 3 is 2.65 bits per heavy atom. The summed E-state index contributed by atoms with van der Waals surface area (Å²) in [6.45, 7) is 1.67. The van der Waals surface area contributed by atoms with Gasteiger partial charge in [0.15, 0.2) is 0 Å². The van der Waals surface area contributed by atoms with Gasteiger partial charge in [0, 0.05) is 31.7 Å². The molecule has 194 valence electrons. The third-order valence-corrected chi connectivity index (χ3v) is 6.27. The molecule has 1 atom stereocenters. The van der Waals surface area contributed by atoms with Crippen LogP contribution >= 0.6 is 22.9 Å². The summed E-state index contributed by atoms with van der Waals surface area (Å²) in [4.78, 5) is 41.1. The topological polar surface area (TPSA) is 118 Å². The van der Waals surface area contributed by atoms with Gasteiger partial charge in [-0.15, -0.1) is 11.3 Å². The number of aromatic nitrogens is 3. The zero-order valence-electron chi connectivity index (χ0n) is 19.6. The molecule has 0 saturated heterocycles. The first-order chi connectivity index (χ1) is 17.5. The molecule has 0 fully saturated rings.